The van der Waals surface area contributed by atoms with Gasteiger partial charge in [0.1, 0.15) is 5.15 Å². The Morgan fingerprint density at radius 2 is 2.29 bits per heavy atom. The van der Waals surface area contributed by atoms with Crippen molar-refractivity contribution in [1.82, 2.24) is 4.98 Å². The Kier molecular flexibility index (Phi) is 3.02. The zero-order valence-corrected chi connectivity index (χ0v) is 9.94. The topological polar surface area (TPSA) is 70.5 Å². The Labute approximate surface area is 103 Å². The minimum Gasteiger partial charge on any atom is -0.481 e. The normalized spacial score (nSPS) is 19.8. The Morgan fingerprint density at radius 3 is 2.82 bits per heavy atom. The van der Waals surface area contributed by atoms with Gasteiger partial charge in [0.2, 0.25) is 5.91 Å². The molecule has 2 heterocycles. The summed E-state index contributed by atoms with van der Waals surface area (Å²) < 4.78 is 0. The van der Waals surface area contributed by atoms with Gasteiger partial charge >= 0.3 is 5.97 Å². The second-order valence-electron chi connectivity index (χ2n) is 3.98. The first-order valence-corrected chi connectivity index (χ1v) is 5.53. The van der Waals surface area contributed by atoms with Crippen LogP contribution in [0.3, 0.4) is 0 Å². The van der Waals surface area contributed by atoms with Crippen LogP contribution in [0.25, 0.3) is 0 Å². The first-order valence-electron chi connectivity index (χ1n) is 5.15. The predicted molar refractivity (Wildman–Crippen MR) is 62.1 cm³/mol. The smallest absolute Gasteiger partial charge is 0.308 e. The fraction of sp³-hybridized carbons (Fsp3) is 0.364. The monoisotopic (exact) mass is 254 g/mol. The SMILES string of the molecule is Cc1nc(Cl)ccc1N1CC(C(=O)O)CC1=O. The summed E-state index contributed by atoms with van der Waals surface area (Å²) in [7, 11) is 0. The number of hydrogen-bond acceptors (Lipinski definition) is 3. The molecule has 1 N–H and O–H groups in total. The van der Waals surface area contributed by atoms with E-state index in [0.29, 0.717) is 16.5 Å². The number of anilines is 1. The lowest BCUT2D eigenvalue weighted by atomic mass is 10.1. The van der Waals surface area contributed by atoms with Gasteiger partial charge in [-0.15, -0.1) is 0 Å². The van der Waals surface area contributed by atoms with Crippen molar-refractivity contribution in [2.75, 3.05) is 11.4 Å². The third kappa shape index (κ3) is 2.24. The Hall–Kier alpha value is -1.62. The molecule has 0 spiro atoms. The standard InChI is InChI=1S/C11H11ClN2O3/c1-6-8(2-3-9(12)13-6)14-5-7(11(16)17)4-10(14)15/h2-3,7H,4-5H2,1H3,(H,16,17). The molecule has 0 bridgehead atoms. The van der Waals surface area contributed by atoms with Gasteiger partial charge in [-0.25, -0.2) is 4.98 Å². The number of carboxylic acids is 1. The average Bonchev–Trinajstić information content (AvgIpc) is 2.61. The van der Waals surface area contributed by atoms with Gasteiger partial charge < -0.3 is 10.0 Å². The quantitative estimate of drug-likeness (QED) is 0.812. The third-order valence-corrected chi connectivity index (χ3v) is 3.00. The van der Waals surface area contributed by atoms with Crippen LogP contribution >= 0.6 is 11.6 Å². The molecule has 0 radical (unpaired) electrons. The Morgan fingerprint density at radius 1 is 1.59 bits per heavy atom. The zero-order chi connectivity index (χ0) is 12.6. The number of rotatable bonds is 2. The molecule has 0 aliphatic carbocycles. The average molecular weight is 255 g/mol. The summed E-state index contributed by atoms with van der Waals surface area (Å²) in [6.07, 6.45) is 0.0391. The highest BCUT2D eigenvalue weighted by atomic mass is 35.5. The van der Waals surface area contributed by atoms with Crippen molar-refractivity contribution in [3.8, 4) is 0 Å². The summed E-state index contributed by atoms with van der Waals surface area (Å²) in [5, 5.41) is 9.25. The number of carbonyl (C=O) groups is 2. The van der Waals surface area contributed by atoms with Crippen LogP contribution in [0, 0.1) is 12.8 Å². The number of aryl methyl sites for hydroxylation is 1. The molecule has 1 amide bonds. The number of pyridine rings is 1. The summed E-state index contributed by atoms with van der Waals surface area (Å²) in [5.41, 5.74) is 1.25. The summed E-state index contributed by atoms with van der Waals surface area (Å²) in [6, 6.07) is 3.28. The van der Waals surface area contributed by atoms with E-state index in [1.54, 1.807) is 19.1 Å². The van der Waals surface area contributed by atoms with E-state index in [-0.39, 0.29) is 18.9 Å². The Balaban J connectivity index is 2.29. The lowest BCUT2D eigenvalue weighted by molar-refractivity contribution is -0.141. The summed E-state index contributed by atoms with van der Waals surface area (Å²) in [4.78, 5) is 28.1. The van der Waals surface area contributed by atoms with Gasteiger partial charge in [0.15, 0.2) is 0 Å². The summed E-state index contributed by atoms with van der Waals surface area (Å²) in [5.74, 6) is -1.78. The van der Waals surface area contributed by atoms with E-state index in [1.165, 1.54) is 4.90 Å². The van der Waals surface area contributed by atoms with E-state index in [2.05, 4.69) is 4.98 Å². The maximum atomic E-state index is 11.7. The number of amides is 1. The van der Waals surface area contributed by atoms with Crippen molar-refractivity contribution >= 4 is 29.2 Å². The predicted octanol–water partition coefficient (Wildman–Crippen LogP) is 1.48. The van der Waals surface area contributed by atoms with Gasteiger partial charge in [0.25, 0.3) is 0 Å². The van der Waals surface area contributed by atoms with Crippen LogP contribution in [-0.2, 0) is 9.59 Å². The van der Waals surface area contributed by atoms with E-state index in [4.69, 9.17) is 16.7 Å². The first-order chi connectivity index (χ1) is 7.99. The second kappa shape index (κ2) is 4.33. The molecular weight excluding hydrogens is 244 g/mol. The van der Waals surface area contributed by atoms with Gasteiger partial charge in [0.05, 0.1) is 17.3 Å². The van der Waals surface area contributed by atoms with Crippen LogP contribution in [0.15, 0.2) is 12.1 Å². The van der Waals surface area contributed by atoms with E-state index in [0.717, 1.165) is 0 Å². The number of aromatic nitrogens is 1. The number of carbonyl (C=O) groups excluding carboxylic acids is 1. The maximum absolute atomic E-state index is 11.7. The molecule has 5 nitrogen and oxygen atoms in total. The number of halogens is 1. The van der Waals surface area contributed by atoms with Crippen molar-refractivity contribution in [1.29, 1.82) is 0 Å². The lowest BCUT2D eigenvalue weighted by Crippen LogP contribution is -2.26. The van der Waals surface area contributed by atoms with Crippen LogP contribution < -0.4 is 4.90 Å². The van der Waals surface area contributed by atoms with Crippen molar-refractivity contribution in [3.63, 3.8) is 0 Å². The van der Waals surface area contributed by atoms with Crippen LogP contribution in [0.1, 0.15) is 12.1 Å². The van der Waals surface area contributed by atoms with Gasteiger partial charge in [-0.05, 0) is 19.1 Å². The lowest BCUT2D eigenvalue weighted by Gasteiger charge is -2.17. The van der Waals surface area contributed by atoms with Crippen molar-refractivity contribution < 1.29 is 14.7 Å². The largest absolute Gasteiger partial charge is 0.481 e. The molecule has 1 unspecified atom stereocenters. The summed E-state index contributed by atoms with van der Waals surface area (Å²) in [6.45, 7) is 1.93. The van der Waals surface area contributed by atoms with Crippen LogP contribution in [0.5, 0.6) is 0 Å². The van der Waals surface area contributed by atoms with E-state index >= 15 is 0 Å². The maximum Gasteiger partial charge on any atom is 0.308 e. The first kappa shape index (κ1) is 11.9. The van der Waals surface area contributed by atoms with Crippen LogP contribution in [0.2, 0.25) is 5.15 Å². The molecule has 1 saturated heterocycles. The highest BCUT2D eigenvalue weighted by molar-refractivity contribution is 6.29. The summed E-state index contributed by atoms with van der Waals surface area (Å²) >= 11 is 5.73. The molecule has 1 aromatic rings. The third-order valence-electron chi connectivity index (χ3n) is 2.79. The fourth-order valence-electron chi connectivity index (χ4n) is 1.91. The van der Waals surface area contributed by atoms with E-state index in [1.807, 2.05) is 0 Å². The number of aliphatic carboxylic acids is 1. The molecule has 0 aromatic carbocycles. The van der Waals surface area contributed by atoms with Crippen molar-refractivity contribution in [2.24, 2.45) is 5.92 Å². The zero-order valence-electron chi connectivity index (χ0n) is 9.18. The van der Waals surface area contributed by atoms with Crippen LogP contribution in [-0.4, -0.2) is 28.5 Å². The molecular formula is C11H11ClN2O3. The number of carboxylic acid groups (broad SMARTS) is 1. The molecule has 90 valence electrons. The molecule has 1 fully saturated rings. The van der Waals surface area contributed by atoms with Gasteiger partial charge in [-0.2, -0.15) is 0 Å². The minimum atomic E-state index is -0.944. The number of nitrogens with zero attached hydrogens (tertiary/aromatic N) is 2. The highest BCUT2D eigenvalue weighted by Crippen LogP contribution is 2.27. The Bertz CT molecular complexity index is 490. The van der Waals surface area contributed by atoms with E-state index in [9.17, 15) is 9.59 Å². The highest BCUT2D eigenvalue weighted by Gasteiger charge is 2.35. The molecule has 1 aromatic heterocycles. The molecule has 0 saturated carbocycles. The molecule has 1 aliphatic rings. The molecule has 6 heteroatoms. The van der Waals surface area contributed by atoms with Gasteiger partial charge in [-0.3, -0.25) is 9.59 Å². The molecule has 2 rings (SSSR count). The number of hydrogen-bond donors (Lipinski definition) is 1. The van der Waals surface area contributed by atoms with Crippen molar-refractivity contribution in [2.45, 2.75) is 13.3 Å². The molecule has 17 heavy (non-hydrogen) atoms. The van der Waals surface area contributed by atoms with Gasteiger partial charge in [-0.1, -0.05) is 11.6 Å². The van der Waals surface area contributed by atoms with Crippen molar-refractivity contribution in [3.05, 3.63) is 23.0 Å². The fourth-order valence-corrected chi connectivity index (χ4v) is 2.10. The minimum absolute atomic E-state index is 0.0391. The van der Waals surface area contributed by atoms with Crippen LogP contribution in [0.4, 0.5) is 5.69 Å². The molecule has 1 atom stereocenters. The van der Waals surface area contributed by atoms with E-state index < -0.39 is 11.9 Å². The molecule has 1 aliphatic heterocycles. The van der Waals surface area contributed by atoms with Gasteiger partial charge in [0, 0.05) is 13.0 Å². The second-order valence-corrected chi connectivity index (χ2v) is 4.37.